The Morgan fingerprint density at radius 1 is 1.38 bits per heavy atom. The first-order chi connectivity index (χ1) is 2.91. The van der Waals surface area contributed by atoms with E-state index >= 15 is 0 Å². The molecule has 0 aliphatic rings. The van der Waals surface area contributed by atoms with Gasteiger partial charge in [0.15, 0.2) is 0 Å². The maximum atomic E-state index is 7.00. The van der Waals surface area contributed by atoms with Crippen LogP contribution < -0.4 is 0 Å². The molecule has 3 heteroatoms. The molecule has 0 bridgehead atoms. The summed E-state index contributed by atoms with van der Waals surface area (Å²) in [6.45, 7) is 5.72. The minimum Gasteiger partial charge on any atom is -0.400 e. The molecule has 48 valence electrons. The zero-order valence-corrected chi connectivity index (χ0v) is 7.91. The topological polar surface area (TPSA) is 20.2 Å². The van der Waals surface area contributed by atoms with Crippen LogP contribution in [0.2, 0.25) is 0 Å². The SMILES string of the molecule is CO.Cl.[CH2-]CCC.[Mg+2]. The molecule has 0 saturated carbocycles. The summed E-state index contributed by atoms with van der Waals surface area (Å²) in [5.74, 6) is 0. The number of unbranched alkanes of at least 4 members (excludes halogenated alkanes) is 1. The van der Waals surface area contributed by atoms with E-state index in [1.165, 1.54) is 6.42 Å². The van der Waals surface area contributed by atoms with E-state index in [1.54, 1.807) is 0 Å². The van der Waals surface area contributed by atoms with Crippen molar-refractivity contribution in [2.45, 2.75) is 19.8 Å². The molecule has 1 nitrogen and oxygen atoms in total. The fraction of sp³-hybridized carbons (Fsp3) is 0.800. The van der Waals surface area contributed by atoms with Gasteiger partial charge >= 0.3 is 23.1 Å². The standard InChI is InChI=1S/C4H9.CH4O.ClH.Mg/c1-3-4-2;1-2;;/h1,3-4H2,2H3;2H,1H3;1H;/q-1;;;+2. The van der Waals surface area contributed by atoms with Gasteiger partial charge in [-0.2, -0.15) is 6.42 Å². The van der Waals surface area contributed by atoms with E-state index in [2.05, 4.69) is 13.8 Å². The maximum Gasteiger partial charge on any atom is 2.00 e. The second-order valence-electron chi connectivity index (χ2n) is 0.854. The van der Waals surface area contributed by atoms with Gasteiger partial charge in [0.2, 0.25) is 0 Å². The molecular weight excluding hydrogens is 136 g/mol. The van der Waals surface area contributed by atoms with E-state index in [9.17, 15) is 0 Å². The summed E-state index contributed by atoms with van der Waals surface area (Å²) < 4.78 is 0. The average Bonchev–Trinajstić information content (AvgIpc) is 1.72. The molecule has 0 spiro atoms. The number of aliphatic hydroxyl groups excluding tert-OH is 1. The molecule has 0 aromatic carbocycles. The van der Waals surface area contributed by atoms with Gasteiger partial charge in [-0.25, -0.2) is 0 Å². The molecule has 0 heterocycles. The smallest absolute Gasteiger partial charge is 0.400 e. The van der Waals surface area contributed by atoms with Crippen molar-refractivity contribution in [3.63, 3.8) is 0 Å². The third-order valence-corrected chi connectivity index (χ3v) is 0.354. The van der Waals surface area contributed by atoms with E-state index in [1.807, 2.05) is 0 Å². The van der Waals surface area contributed by atoms with Gasteiger partial charge in [-0.1, -0.05) is 13.3 Å². The minimum atomic E-state index is 0. The molecule has 0 saturated heterocycles. The Morgan fingerprint density at radius 3 is 1.50 bits per heavy atom. The van der Waals surface area contributed by atoms with Crippen molar-refractivity contribution in [2.24, 2.45) is 0 Å². The number of hydrogen-bond acceptors (Lipinski definition) is 1. The fourth-order valence-electron chi connectivity index (χ4n) is 0. The van der Waals surface area contributed by atoms with Crippen molar-refractivity contribution in [3.05, 3.63) is 6.92 Å². The second kappa shape index (κ2) is 43.4. The average molecular weight is 150 g/mol. The van der Waals surface area contributed by atoms with Gasteiger partial charge in [0.1, 0.15) is 0 Å². The van der Waals surface area contributed by atoms with E-state index in [0.29, 0.717) is 0 Å². The van der Waals surface area contributed by atoms with E-state index in [-0.39, 0.29) is 35.5 Å². The van der Waals surface area contributed by atoms with Gasteiger partial charge < -0.3 is 12.0 Å². The fourth-order valence-corrected chi connectivity index (χ4v) is 0. The summed E-state index contributed by atoms with van der Waals surface area (Å²) in [6.07, 6.45) is 2.28. The molecule has 0 amide bonds. The second-order valence-corrected chi connectivity index (χ2v) is 0.854. The number of hydrogen-bond donors (Lipinski definition) is 1. The first-order valence-electron chi connectivity index (χ1n) is 2.15. The van der Waals surface area contributed by atoms with Gasteiger partial charge in [0.25, 0.3) is 0 Å². The summed E-state index contributed by atoms with van der Waals surface area (Å²) >= 11 is 0. The van der Waals surface area contributed by atoms with Crippen LogP contribution in [0.25, 0.3) is 0 Å². The quantitative estimate of drug-likeness (QED) is 0.440. The molecule has 0 radical (unpaired) electrons. The van der Waals surface area contributed by atoms with Crippen LogP contribution in [0.5, 0.6) is 0 Å². The Bertz CT molecular complexity index is 14.4. The van der Waals surface area contributed by atoms with Crippen LogP contribution in [0, 0.1) is 6.92 Å². The van der Waals surface area contributed by atoms with Gasteiger partial charge in [-0.15, -0.1) is 12.4 Å². The number of halogens is 1. The zero-order valence-electron chi connectivity index (χ0n) is 5.68. The molecular formula is C5H14ClMgO+. The van der Waals surface area contributed by atoms with Crippen LogP contribution in [-0.2, 0) is 0 Å². The minimum absolute atomic E-state index is 0. The van der Waals surface area contributed by atoms with Crippen LogP contribution in [0.4, 0.5) is 0 Å². The third kappa shape index (κ3) is 62.5. The molecule has 0 aliphatic carbocycles. The largest absolute Gasteiger partial charge is 2.00 e. The summed E-state index contributed by atoms with van der Waals surface area (Å²) in [5, 5.41) is 7.00. The Kier molecular flexibility index (Phi) is 125. The van der Waals surface area contributed by atoms with Crippen molar-refractivity contribution >= 4 is 35.5 Å². The van der Waals surface area contributed by atoms with Crippen molar-refractivity contribution < 1.29 is 5.11 Å². The molecule has 1 N–H and O–H groups in total. The van der Waals surface area contributed by atoms with Gasteiger partial charge in [0, 0.05) is 7.11 Å². The van der Waals surface area contributed by atoms with E-state index < -0.39 is 0 Å². The molecule has 0 rings (SSSR count). The molecule has 0 aromatic heterocycles. The van der Waals surface area contributed by atoms with Crippen LogP contribution in [0.3, 0.4) is 0 Å². The summed E-state index contributed by atoms with van der Waals surface area (Å²) in [6, 6.07) is 0. The summed E-state index contributed by atoms with van der Waals surface area (Å²) in [4.78, 5) is 0. The molecule has 0 aromatic rings. The van der Waals surface area contributed by atoms with Crippen molar-refractivity contribution in [3.8, 4) is 0 Å². The first-order valence-corrected chi connectivity index (χ1v) is 2.15. The molecule has 8 heavy (non-hydrogen) atoms. The van der Waals surface area contributed by atoms with Crippen LogP contribution >= 0.6 is 12.4 Å². The van der Waals surface area contributed by atoms with E-state index in [0.717, 1.165) is 13.5 Å². The number of rotatable bonds is 1. The van der Waals surface area contributed by atoms with Gasteiger partial charge in [-0.05, 0) is 0 Å². The predicted molar refractivity (Wildman–Crippen MR) is 41.4 cm³/mol. The Balaban J connectivity index is -0.0000000183. The maximum absolute atomic E-state index is 7.00. The van der Waals surface area contributed by atoms with Crippen molar-refractivity contribution in [1.82, 2.24) is 0 Å². The molecule has 0 atom stereocenters. The monoisotopic (exact) mass is 149 g/mol. The van der Waals surface area contributed by atoms with Crippen LogP contribution in [-0.4, -0.2) is 35.3 Å². The normalized spacial score (nSPS) is 4.50. The van der Waals surface area contributed by atoms with Crippen LogP contribution in [0.1, 0.15) is 19.8 Å². The summed E-state index contributed by atoms with van der Waals surface area (Å²) in [7, 11) is 1.00. The molecule has 0 fully saturated rings. The Morgan fingerprint density at radius 2 is 1.50 bits per heavy atom. The van der Waals surface area contributed by atoms with Crippen molar-refractivity contribution in [2.75, 3.05) is 7.11 Å². The predicted octanol–water partition coefficient (Wildman–Crippen LogP) is 1.27. The van der Waals surface area contributed by atoms with Gasteiger partial charge in [-0.3, -0.25) is 0 Å². The Labute approximate surface area is 74.4 Å². The van der Waals surface area contributed by atoms with E-state index in [4.69, 9.17) is 5.11 Å². The number of aliphatic hydroxyl groups is 1. The first kappa shape index (κ1) is 23.0. The Hall–Kier alpha value is 1.02. The molecule has 0 aliphatic heterocycles. The zero-order chi connectivity index (χ0) is 5.41. The van der Waals surface area contributed by atoms with Gasteiger partial charge in [0.05, 0.1) is 0 Å². The van der Waals surface area contributed by atoms with Crippen LogP contribution in [0.15, 0.2) is 0 Å². The third-order valence-electron chi connectivity index (χ3n) is 0.354. The summed E-state index contributed by atoms with van der Waals surface area (Å²) in [5.41, 5.74) is 0. The molecule has 0 unspecified atom stereocenters. The van der Waals surface area contributed by atoms with Crippen molar-refractivity contribution in [1.29, 1.82) is 0 Å².